The molecular weight excluding hydrogens is 230 g/mol. The predicted octanol–water partition coefficient (Wildman–Crippen LogP) is 2.23. The zero-order valence-electron chi connectivity index (χ0n) is 10.6. The van der Waals surface area contributed by atoms with Gasteiger partial charge in [-0.05, 0) is 36.6 Å². The van der Waals surface area contributed by atoms with Gasteiger partial charge in [-0.25, -0.2) is 4.79 Å². The molecule has 0 fully saturated rings. The maximum Gasteiger partial charge on any atom is 0.328 e. The molecule has 0 radical (unpaired) electrons. The van der Waals surface area contributed by atoms with E-state index < -0.39 is 5.97 Å². The second-order valence-electron chi connectivity index (χ2n) is 3.95. The third-order valence-corrected chi connectivity index (χ3v) is 2.56. The lowest BCUT2D eigenvalue weighted by Crippen LogP contribution is -2.24. The number of hydrogen-bond donors (Lipinski definition) is 2. The number of benzene rings is 1. The molecule has 0 heterocycles. The largest absolute Gasteiger partial charge is 0.478 e. The monoisotopic (exact) mass is 247 g/mol. The summed E-state index contributed by atoms with van der Waals surface area (Å²) in [6.07, 6.45) is 3.44. The summed E-state index contributed by atoms with van der Waals surface area (Å²) in [6.45, 7) is 4.43. The number of carbonyl (C=O) groups excluding carboxylic acids is 1. The van der Waals surface area contributed by atoms with Gasteiger partial charge in [0.15, 0.2) is 0 Å². The van der Waals surface area contributed by atoms with Gasteiger partial charge in [-0.2, -0.15) is 0 Å². The van der Waals surface area contributed by atoms with E-state index in [4.69, 9.17) is 5.11 Å². The molecule has 0 saturated carbocycles. The van der Waals surface area contributed by atoms with E-state index in [-0.39, 0.29) is 5.91 Å². The van der Waals surface area contributed by atoms with Crippen molar-refractivity contribution in [2.24, 2.45) is 0 Å². The van der Waals surface area contributed by atoms with Crippen molar-refractivity contribution in [3.05, 3.63) is 41.0 Å². The third-order valence-electron chi connectivity index (χ3n) is 2.56. The zero-order chi connectivity index (χ0) is 13.5. The van der Waals surface area contributed by atoms with Crippen molar-refractivity contribution < 1.29 is 14.7 Å². The van der Waals surface area contributed by atoms with Gasteiger partial charge >= 0.3 is 5.97 Å². The number of amides is 1. The summed E-state index contributed by atoms with van der Waals surface area (Å²) in [5.74, 6) is -1.13. The molecule has 0 unspecified atom stereocenters. The molecule has 0 aliphatic heterocycles. The quantitative estimate of drug-likeness (QED) is 0.784. The summed E-state index contributed by atoms with van der Waals surface area (Å²) in [4.78, 5) is 22.3. The molecule has 0 atom stereocenters. The van der Waals surface area contributed by atoms with Gasteiger partial charge in [0.05, 0.1) is 0 Å². The van der Waals surface area contributed by atoms with E-state index in [1.54, 1.807) is 18.2 Å². The lowest BCUT2D eigenvalue weighted by atomic mass is 10.0. The van der Waals surface area contributed by atoms with Gasteiger partial charge in [0, 0.05) is 18.2 Å². The Morgan fingerprint density at radius 1 is 1.39 bits per heavy atom. The highest BCUT2D eigenvalue weighted by atomic mass is 16.4. The number of hydrogen-bond acceptors (Lipinski definition) is 2. The Morgan fingerprint density at radius 2 is 2.11 bits per heavy atom. The fraction of sp³-hybridized carbons (Fsp3) is 0.286. The smallest absolute Gasteiger partial charge is 0.328 e. The van der Waals surface area contributed by atoms with Gasteiger partial charge in [-0.1, -0.05) is 19.1 Å². The number of aliphatic carboxylic acids is 1. The molecule has 0 aliphatic carbocycles. The van der Waals surface area contributed by atoms with Crippen LogP contribution in [-0.4, -0.2) is 23.5 Å². The van der Waals surface area contributed by atoms with E-state index in [9.17, 15) is 9.59 Å². The van der Waals surface area contributed by atoms with Crippen LogP contribution in [0.5, 0.6) is 0 Å². The number of carboxylic acids is 1. The van der Waals surface area contributed by atoms with Crippen LogP contribution in [-0.2, 0) is 4.79 Å². The van der Waals surface area contributed by atoms with Crippen LogP contribution < -0.4 is 5.32 Å². The van der Waals surface area contributed by atoms with Gasteiger partial charge in [0.2, 0.25) is 0 Å². The molecule has 1 aromatic carbocycles. The first-order valence-electron chi connectivity index (χ1n) is 5.85. The van der Waals surface area contributed by atoms with Crippen molar-refractivity contribution in [1.82, 2.24) is 5.32 Å². The molecule has 96 valence electrons. The minimum Gasteiger partial charge on any atom is -0.478 e. The fourth-order valence-corrected chi connectivity index (χ4v) is 1.57. The molecule has 0 aromatic heterocycles. The number of nitrogens with one attached hydrogen (secondary N) is 1. The van der Waals surface area contributed by atoms with Crippen LogP contribution in [0.25, 0.3) is 6.08 Å². The summed E-state index contributed by atoms with van der Waals surface area (Å²) in [5.41, 5.74) is 2.10. The Labute approximate surface area is 106 Å². The van der Waals surface area contributed by atoms with Crippen LogP contribution in [0.15, 0.2) is 24.3 Å². The molecule has 2 N–H and O–H groups in total. The maximum absolute atomic E-state index is 11.9. The number of carboxylic acid groups (broad SMARTS) is 1. The summed E-state index contributed by atoms with van der Waals surface area (Å²) in [6, 6.07) is 5.26. The van der Waals surface area contributed by atoms with Crippen molar-refractivity contribution >= 4 is 18.0 Å². The highest BCUT2D eigenvalue weighted by molar-refractivity contribution is 5.97. The first-order valence-corrected chi connectivity index (χ1v) is 5.85. The first kappa shape index (κ1) is 14.0. The van der Waals surface area contributed by atoms with Crippen LogP contribution in [0.1, 0.15) is 34.8 Å². The number of carbonyl (C=O) groups is 2. The van der Waals surface area contributed by atoms with Gasteiger partial charge < -0.3 is 10.4 Å². The Bertz CT molecular complexity index is 478. The van der Waals surface area contributed by atoms with Gasteiger partial charge in [0.1, 0.15) is 0 Å². The van der Waals surface area contributed by atoms with Crippen molar-refractivity contribution in [3.8, 4) is 0 Å². The first-order chi connectivity index (χ1) is 8.56. The van der Waals surface area contributed by atoms with Gasteiger partial charge in [0.25, 0.3) is 5.91 Å². The average molecular weight is 247 g/mol. The lowest BCUT2D eigenvalue weighted by Gasteiger charge is -2.08. The molecule has 1 amide bonds. The molecule has 4 heteroatoms. The molecule has 18 heavy (non-hydrogen) atoms. The molecule has 0 spiro atoms. The minimum absolute atomic E-state index is 0.125. The third kappa shape index (κ3) is 3.73. The molecule has 4 nitrogen and oxygen atoms in total. The van der Waals surface area contributed by atoms with Crippen molar-refractivity contribution in [3.63, 3.8) is 0 Å². The predicted molar refractivity (Wildman–Crippen MR) is 70.5 cm³/mol. The number of rotatable bonds is 5. The molecule has 0 aliphatic rings. The SMILES string of the molecule is CCCNC(=O)c1cccc(C=CC(=O)O)c1C. The average Bonchev–Trinajstić information content (AvgIpc) is 2.34. The van der Waals surface area contributed by atoms with Crippen LogP contribution in [0, 0.1) is 6.92 Å². The van der Waals surface area contributed by atoms with E-state index in [1.165, 1.54) is 6.08 Å². The Kier molecular flexibility index (Phi) is 5.11. The topological polar surface area (TPSA) is 66.4 Å². The summed E-state index contributed by atoms with van der Waals surface area (Å²) in [5, 5.41) is 11.4. The minimum atomic E-state index is -1.00. The molecule has 1 aromatic rings. The summed E-state index contributed by atoms with van der Waals surface area (Å²) >= 11 is 0. The highest BCUT2D eigenvalue weighted by Crippen LogP contribution is 2.15. The second kappa shape index (κ2) is 6.59. The lowest BCUT2D eigenvalue weighted by molar-refractivity contribution is -0.131. The van der Waals surface area contributed by atoms with Crippen molar-refractivity contribution in [1.29, 1.82) is 0 Å². The Morgan fingerprint density at radius 3 is 2.72 bits per heavy atom. The van der Waals surface area contributed by atoms with Crippen molar-refractivity contribution in [2.45, 2.75) is 20.3 Å². The van der Waals surface area contributed by atoms with Crippen LogP contribution in [0.2, 0.25) is 0 Å². The van der Waals surface area contributed by atoms with Crippen molar-refractivity contribution in [2.75, 3.05) is 6.54 Å². The zero-order valence-corrected chi connectivity index (χ0v) is 10.6. The standard InChI is InChI=1S/C14H17NO3/c1-3-9-15-14(18)12-6-4-5-11(10(12)2)7-8-13(16)17/h4-8H,3,9H2,1-2H3,(H,15,18)(H,16,17). The van der Waals surface area contributed by atoms with Gasteiger partial charge in [-0.15, -0.1) is 0 Å². The molecule has 1 rings (SSSR count). The van der Waals surface area contributed by atoms with E-state index in [0.29, 0.717) is 12.1 Å². The van der Waals surface area contributed by atoms with E-state index in [2.05, 4.69) is 5.32 Å². The summed E-state index contributed by atoms with van der Waals surface area (Å²) < 4.78 is 0. The normalized spacial score (nSPS) is 10.6. The Hall–Kier alpha value is -2.10. The van der Waals surface area contributed by atoms with Crippen LogP contribution in [0.4, 0.5) is 0 Å². The highest BCUT2D eigenvalue weighted by Gasteiger charge is 2.09. The molecule has 0 saturated heterocycles. The second-order valence-corrected chi connectivity index (χ2v) is 3.95. The molecular formula is C14H17NO3. The maximum atomic E-state index is 11.9. The van der Waals surface area contributed by atoms with Crippen LogP contribution in [0.3, 0.4) is 0 Å². The fourth-order valence-electron chi connectivity index (χ4n) is 1.57. The molecule has 0 bridgehead atoms. The van der Waals surface area contributed by atoms with E-state index in [1.807, 2.05) is 13.8 Å². The van der Waals surface area contributed by atoms with Crippen LogP contribution >= 0.6 is 0 Å². The van der Waals surface area contributed by atoms with Gasteiger partial charge in [-0.3, -0.25) is 4.79 Å². The van der Waals surface area contributed by atoms with E-state index >= 15 is 0 Å². The van der Waals surface area contributed by atoms with E-state index in [0.717, 1.165) is 23.6 Å². The Balaban J connectivity index is 2.98. The summed E-state index contributed by atoms with van der Waals surface area (Å²) in [7, 11) is 0.